The molecule has 0 aromatic heterocycles. The first-order valence-corrected chi connectivity index (χ1v) is 7.04. The number of benzene rings is 2. The van der Waals surface area contributed by atoms with Gasteiger partial charge in [0.05, 0.1) is 6.42 Å². The summed E-state index contributed by atoms with van der Waals surface area (Å²) in [5.41, 5.74) is 1.51. The highest BCUT2D eigenvalue weighted by atomic mass is 19.1. The van der Waals surface area contributed by atoms with Gasteiger partial charge in [-0.15, -0.1) is 0 Å². The van der Waals surface area contributed by atoms with Crippen LogP contribution in [-0.4, -0.2) is 26.2 Å². The van der Waals surface area contributed by atoms with Crippen LogP contribution >= 0.6 is 0 Å². The minimum Gasteiger partial charge on any atom is -0.486 e. The van der Waals surface area contributed by atoms with Crippen LogP contribution in [0.3, 0.4) is 0 Å². The molecule has 4 nitrogen and oxygen atoms in total. The van der Waals surface area contributed by atoms with Gasteiger partial charge in [-0.2, -0.15) is 0 Å². The lowest BCUT2D eigenvalue weighted by molar-refractivity contribution is -0.117. The number of likely N-dealkylation sites (N-methyl/N-ethyl adjacent to an activating group) is 1. The number of hydrogen-bond acceptors (Lipinski definition) is 3. The van der Waals surface area contributed by atoms with Gasteiger partial charge in [0.1, 0.15) is 19.0 Å². The minimum atomic E-state index is -0.309. The molecule has 0 aliphatic carbocycles. The van der Waals surface area contributed by atoms with Crippen LogP contribution in [0.4, 0.5) is 10.1 Å². The first-order chi connectivity index (χ1) is 10.6. The summed E-state index contributed by atoms with van der Waals surface area (Å²) in [6, 6.07) is 11.3. The van der Waals surface area contributed by atoms with E-state index in [-0.39, 0.29) is 18.1 Å². The normalized spacial score (nSPS) is 12.8. The standard InChI is InChI=1S/C17H16FNO3/c1-19(17(20)10-12-2-4-13(18)5-3-12)14-6-7-15-16(11-14)22-9-8-21-15/h2-7,11H,8-10H2,1H3. The van der Waals surface area contributed by atoms with Gasteiger partial charge in [-0.25, -0.2) is 4.39 Å². The first kappa shape index (κ1) is 14.4. The molecule has 1 aliphatic rings. The van der Waals surface area contributed by atoms with Gasteiger partial charge in [-0.05, 0) is 29.8 Å². The molecule has 0 spiro atoms. The Hall–Kier alpha value is -2.56. The van der Waals surface area contributed by atoms with Crippen LogP contribution in [0, 0.1) is 5.82 Å². The van der Waals surface area contributed by atoms with E-state index in [1.165, 1.54) is 12.1 Å². The van der Waals surface area contributed by atoms with E-state index in [0.717, 1.165) is 11.3 Å². The Balaban J connectivity index is 1.73. The van der Waals surface area contributed by atoms with Crippen molar-refractivity contribution in [1.82, 2.24) is 0 Å². The zero-order valence-electron chi connectivity index (χ0n) is 12.2. The van der Waals surface area contributed by atoms with E-state index in [9.17, 15) is 9.18 Å². The highest BCUT2D eigenvalue weighted by Gasteiger charge is 2.16. The number of carbonyl (C=O) groups is 1. The molecule has 0 N–H and O–H groups in total. The fourth-order valence-electron chi connectivity index (χ4n) is 2.28. The summed E-state index contributed by atoms with van der Waals surface area (Å²) in [6.07, 6.45) is 0.214. The molecule has 1 aliphatic heterocycles. The molecule has 114 valence electrons. The maximum absolute atomic E-state index is 12.9. The summed E-state index contributed by atoms with van der Waals surface area (Å²) in [6.45, 7) is 1.04. The summed E-state index contributed by atoms with van der Waals surface area (Å²) >= 11 is 0. The molecule has 1 heterocycles. The highest BCUT2D eigenvalue weighted by Crippen LogP contribution is 2.33. The van der Waals surface area contributed by atoms with Gasteiger partial charge in [0.25, 0.3) is 0 Å². The van der Waals surface area contributed by atoms with Gasteiger partial charge in [0, 0.05) is 18.8 Å². The van der Waals surface area contributed by atoms with Gasteiger partial charge in [-0.1, -0.05) is 12.1 Å². The lowest BCUT2D eigenvalue weighted by atomic mass is 10.1. The summed E-state index contributed by atoms with van der Waals surface area (Å²) < 4.78 is 23.9. The minimum absolute atomic E-state index is 0.0803. The predicted molar refractivity (Wildman–Crippen MR) is 80.9 cm³/mol. The zero-order chi connectivity index (χ0) is 15.5. The van der Waals surface area contributed by atoms with Crippen molar-refractivity contribution < 1.29 is 18.7 Å². The van der Waals surface area contributed by atoms with Gasteiger partial charge in [0.2, 0.25) is 5.91 Å². The maximum Gasteiger partial charge on any atom is 0.231 e. The van der Waals surface area contributed by atoms with Gasteiger partial charge < -0.3 is 14.4 Å². The van der Waals surface area contributed by atoms with Crippen LogP contribution in [0.5, 0.6) is 11.5 Å². The Labute approximate surface area is 128 Å². The average molecular weight is 301 g/mol. The fourth-order valence-corrected chi connectivity index (χ4v) is 2.28. The Morgan fingerprint density at radius 1 is 1.09 bits per heavy atom. The topological polar surface area (TPSA) is 38.8 Å². The fraction of sp³-hybridized carbons (Fsp3) is 0.235. The molecule has 0 fully saturated rings. The van der Waals surface area contributed by atoms with Crippen molar-refractivity contribution in [2.24, 2.45) is 0 Å². The van der Waals surface area contributed by atoms with Crippen LogP contribution < -0.4 is 14.4 Å². The quantitative estimate of drug-likeness (QED) is 0.875. The third-order valence-corrected chi connectivity index (χ3v) is 3.56. The van der Waals surface area contributed by atoms with Crippen LogP contribution in [0.15, 0.2) is 42.5 Å². The molecule has 0 atom stereocenters. The zero-order valence-corrected chi connectivity index (χ0v) is 12.2. The Bertz CT molecular complexity index is 685. The van der Waals surface area contributed by atoms with E-state index >= 15 is 0 Å². The Morgan fingerprint density at radius 3 is 2.50 bits per heavy atom. The molecule has 5 heteroatoms. The molecular weight excluding hydrogens is 285 g/mol. The molecule has 0 saturated carbocycles. The van der Waals surface area contributed by atoms with Crippen molar-refractivity contribution in [3.63, 3.8) is 0 Å². The molecule has 2 aromatic carbocycles. The van der Waals surface area contributed by atoms with E-state index in [4.69, 9.17) is 9.47 Å². The SMILES string of the molecule is CN(C(=O)Cc1ccc(F)cc1)c1ccc2c(c1)OCCO2. The highest BCUT2D eigenvalue weighted by molar-refractivity contribution is 5.94. The number of anilines is 1. The lowest BCUT2D eigenvalue weighted by Crippen LogP contribution is -2.28. The second-order valence-electron chi connectivity index (χ2n) is 5.08. The second kappa shape index (κ2) is 6.05. The summed E-state index contributed by atoms with van der Waals surface area (Å²) in [5.74, 6) is 0.944. The molecule has 1 amide bonds. The smallest absolute Gasteiger partial charge is 0.231 e. The Morgan fingerprint density at radius 2 is 1.77 bits per heavy atom. The number of amides is 1. The van der Waals surface area contributed by atoms with E-state index in [1.54, 1.807) is 36.2 Å². The van der Waals surface area contributed by atoms with Crippen LogP contribution in [0.25, 0.3) is 0 Å². The molecular formula is C17H16FNO3. The summed E-state index contributed by atoms with van der Waals surface area (Å²) in [7, 11) is 1.71. The number of ether oxygens (including phenoxy) is 2. The monoisotopic (exact) mass is 301 g/mol. The van der Waals surface area contributed by atoms with Crippen LogP contribution in [0.1, 0.15) is 5.56 Å². The van der Waals surface area contributed by atoms with Crippen LogP contribution in [-0.2, 0) is 11.2 Å². The predicted octanol–water partition coefficient (Wildman–Crippen LogP) is 2.80. The molecule has 0 radical (unpaired) electrons. The average Bonchev–Trinajstić information content (AvgIpc) is 2.55. The summed E-state index contributed by atoms with van der Waals surface area (Å²) in [5, 5.41) is 0. The third kappa shape index (κ3) is 3.03. The molecule has 0 unspecified atom stereocenters. The number of rotatable bonds is 3. The maximum atomic E-state index is 12.9. The number of hydrogen-bond donors (Lipinski definition) is 0. The molecule has 0 saturated heterocycles. The van der Waals surface area contributed by atoms with Crippen molar-refractivity contribution in [2.75, 3.05) is 25.2 Å². The van der Waals surface area contributed by atoms with Crippen molar-refractivity contribution in [3.8, 4) is 11.5 Å². The van der Waals surface area contributed by atoms with Crippen LogP contribution in [0.2, 0.25) is 0 Å². The largest absolute Gasteiger partial charge is 0.486 e. The molecule has 2 aromatic rings. The molecule has 0 bridgehead atoms. The lowest BCUT2D eigenvalue weighted by Gasteiger charge is -2.22. The van der Waals surface area contributed by atoms with E-state index in [1.807, 2.05) is 6.07 Å². The van der Waals surface area contributed by atoms with Crippen molar-refractivity contribution >= 4 is 11.6 Å². The van der Waals surface area contributed by atoms with Gasteiger partial charge in [-0.3, -0.25) is 4.79 Å². The van der Waals surface area contributed by atoms with Crippen molar-refractivity contribution in [2.45, 2.75) is 6.42 Å². The molecule has 22 heavy (non-hydrogen) atoms. The first-order valence-electron chi connectivity index (χ1n) is 7.04. The Kier molecular flexibility index (Phi) is 3.96. The number of halogens is 1. The summed E-state index contributed by atoms with van der Waals surface area (Å²) in [4.78, 5) is 13.9. The van der Waals surface area contributed by atoms with E-state index in [2.05, 4.69) is 0 Å². The van der Waals surface area contributed by atoms with E-state index in [0.29, 0.717) is 24.7 Å². The number of carbonyl (C=O) groups excluding carboxylic acids is 1. The van der Waals surface area contributed by atoms with Gasteiger partial charge in [0.15, 0.2) is 11.5 Å². The van der Waals surface area contributed by atoms with Gasteiger partial charge >= 0.3 is 0 Å². The number of fused-ring (bicyclic) bond motifs is 1. The third-order valence-electron chi connectivity index (χ3n) is 3.56. The second-order valence-corrected chi connectivity index (χ2v) is 5.08. The van der Waals surface area contributed by atoms with E-state index < -0.39 is 0 Å². The number of nitrogens with zero attached hydrogens (tertiary/aromatic N) is 1. The van der Waals surface area contributed by atoms with Crippen molar-refractivity contribution in [1.29, 1.82) is 0 Å². The van der Waals surface area contributed by atoms with Crippen molar-refractivity contribution in [3.05, 3.63) is 53.8 Å². The molecule has 3 rings (SSSR count).